The van der Waals surface area contributed by atoms with Gasteiger partial charge in [0, 0.05) is 12.4 Å². The topological polar surface area (TPSA) is 24.9 Å². The monoisotopic (exact) mass is 204 g/mol. The molecule has 0 aromatic carbocycles. The van der Waals surface area contributed by atoms with Crippen LogP contribution in [0.1, 0.15) is 5.56 Å². The Morgan fingerprint density at radius 3 is 2.64 bits per heavy atom. The van der Waals surface area contributed by atoms with E-state index in [0.717, 1.165) is 0 Å². The summed E-state index contributed by atoms with van der Waals surface area (Å²) in [5.74, 6) is 0. The Morgan fingerprint density at radius 2 is 2.21 bits per heavy atom. The van der Waals surface area contributed by atoms with E-state index in [2.05, 4.69) is 10.3 Å². The molecule has 0 aliphatic carbocycles. The summed E-state index contributed by atoms with van der Waals surface area (Å²) in [5, 5.41) is 2.24. The number of halogens is 3. The number of aromatic nitrogens is 1. The van der Waals surface area contributed by atoms with Gasteiger partial charge < -0.3 is 5.32 Å². The van der Waals surface area contributed by atoms with Gasteiger partial charge in [-0.15, -0.1) is 0 Å². The predicted molar refractivity (Wildman–Crippen MR) is 46.8 cm³/mol. The number of likely N-dealkylation sites (N-methyl/N-ethyl adjacent to an activating group) is 1. The van der Waals surface area contributed by atoms with E-state index in [1.54, 1.807) is 12.1 Å². The second kappa shape index (κ2) is 4.41. The van der Waals surface area contributed by atoms with Crippen LogP contribution in [0.5, 0.6) is 0 Å². The molecule has 0 fully saturated rings. The fraction of sp³-hybridized carbons (Fsp3) is 0.444. The van der Waals surface area contributed by atoms with Crippen LogP contribution in [-0.4, -0.2) is 24.2 Å². The van der Waals surface area contributed by atoms with Crippen molar-refractivity contribution in [3.8, 4) is 0 Å². The lowest BCUT2D eigenvalue weighted by molar-refractivity contribution is -0.154. The third kappa shape index (κ3) is 2.99. The van der Waals surface area contributed by atoms with Crippen molar-refractivity contribution in [1.29, 1.82) is 0 Å². The first-order chi connectivity index (χ1) is 6.54. The quantitative estimate of drug-likeness (QED) is 0.811. The number of pyridine rings is 1. The molecule has 0 aliphatic rings. The third-order valence-corrected chi connectivity index (χ3v) is 1.91. The summed E-state index contributed by atoms with van der Waals surface area (Å²) in [4.78, 5) is 3.76. The summed E-state index contributed by atoms with van der Waals surface area (Å²) in [6, 6.07) is 1.74. The first-order valence-electron chi connectivity index (χ1n) is 4.17. The zero-order chi connectivity index (χ0) is 10.6. The minimum absolute atomic E-state index is 0.0894. The lowest BCUT2D eigenvalue weighted by Crippen LogP contribution is -2.41. The highest BCUT2D eigenvalue weighted by atomic mass is 19.4. The fourth-order valence-corrected chi connectivity index (χ4v) is 1.14. The maximum atomic E-state index is 12.3. The molecule has 1 rings (SSSR count). The molecule has 1 heterocycles. The molecule has 0 spiro atoms. The number of nitrogens with zero attached hydrogens (tertiary/aromatic N) is 1. The van der Waals surface area contributed by atoms with Gasteiger partial charge in [-0.05, 0) is 25.1 Å². The third-order valence-electron chi connectivity index (χ3n) is 1.91. The van der Waals surface area contributed by atoms with Crippen LogP contribution < -0.4 is 5.32 Å². The number of rotatable bonds is 3. The van der Waals surface area contributed by atoms with E-state index in [1.807, 2.05) is 0 Å². The molecular formula is C9H11F3N2. The highest BCUT2D eigenvalue weighted by molar-refractivity contribution is 5.10. The van der Waals surface area contributed by atoms with Gasteiger partial charge in [0.15, 0.2) is 0 Å². The molecule has 0 radical (unpaired) electrons. The molecule has 1 N–H and O–H groups in total. The van der Waals surface area contributed by atoms with Gasteiger partial charge in [-0.2, -0.15) is 13.2 Å². The summed E-state index contributed by atoms with van der Waals surface area (Å²) in [7, 11) is 1.30. The van der Waals surface area contributed by atoms with Crippen LogP contribution in [0.4, 0.5) is 13.2 Å². The number of alkyl halides is 3. The molecule has 0 unspecified atom stereocenters. The minimum Gasteiger partial charge on any atom is -0.309 e. The summed E-state index contributed by atoms with van der Waals surface area (Å²) >= 11 is 0. The maximum absolute atomic E-state index is 12.3. The molecular weight excluding hydrogens is 193 g/mol. The van der Waals surface area contributed by atoms with Crippen molar-refractivity contribution in [2.45, 2.75) is 18.6 Å². The molecule has 0 amide bonds. The molecule has 5 heteroatoms. The van der Waals surface area contributed by atoms with Crippen LogP contribution >= 0.6 is 0 Å². The van der Waals surface area contributed by atoms with Crippen LogP contribution in [0, 0.1) is 0 Å². The highest BCUT2D eigenvalue weighted by Crippen LogP contribution is 2.22. The number of nitrogens with one attached hydrogen (secondary N) is 1. The standard InChI is InChI=1S/C9H11F3N2/c1-13-8(9(10,11)12)5-7-3-2-4-14-6-7/h2-4,6,8,13H,5H2,1H3/t8-/m1/s1. The van der Waals surface area contributed by atoms with Crippen LogP contribution in [-0.2, 0) is 6.42 Å². The highest BCUT2D eigenvalue weighted by Gasteiger charge is 2.38. The average molecular weight is 204 g/mol. The van der Waals surface area contributed by atoms with Crippen LogP contribution in [0.2, 0.25) is 0 Å². The van der Waals surface area contributed by atoms with E-state index in [1.165, 1.54) is 19.4 Å². The van der Waals surface area contributed by atoms with Crippen molar-refractivity contribution in [3.05, 3.63) is 30.1 Å². The largest absolute Gasteiger partial charge is 0.404 e. The van der Waals surface area contributed by atoms with Gasteiger partial charge in [0.1, 0.15) is 6.04 Å². The fourth-order valence-electron chi connectivity index (χ4n) is 1.14. The summed E-state index contributed by atoms with van der Waals surface area (Å²) in [6.45, 7) is 0. The van der Waals surface area contributed by atoms with Crippen LogP contribution in [0.25, 0.3) is 0 Å². The van der Waals surface area contributed by atoms with Crippen molar-refractivity contribution in [2.75, 3.05) is 7.05 Å². The Bertz CT molecular complexity index is 271. The van der Waals surface area contributed by atoms with Crippen molar-refractivity contribution >= 4 is 0 Å². The van der Waals surface area contributed by atoms with E-state index in [9.17, 15) is 13.2 Å². The van der Waals surface area contributed by atoms with Crippen molar-refractivity contribution in [1.82, 2.24) is 10.3 Å². The molecule has 1 aromatic heterocycles. The lowest BCUT2D eigenvalue weighted by Gasteiger charge is -2.19. The Kier molecular flexibility index (Phi) is 3.46. The lowest BCUT2D eigenvalue weighted by atomic mass is 10.1. The zero-order valence-electron chi connectivity index (χ0n) is 7.67. The first-order valence-corrected chi connectivity index (χ1v) is 4.17. The second-order valence-electron chi connectivity index (χ2n) is 2.95. The SMILES string of the molecule is CN[C@H](Cc1cccnc1)C(F)(F)F. The molecule has 1 aromatic rings. The zero-order valence-corrected chi connectivity index (χ0v) is 7.67. The molecule has 0 bridgehead atoms. The van der Waals surface area contributed by atoms with Crippen molar-refractivity contribution < 1.29 is 13.2 Å². The minimum atomic E-state index is -4.22. The molecule has 1 atom stereocenters. The normalized spacial score (nSPS) is 14.0. The molecule has 78 valence electrons. The van der Waals surface area contributed by atoms with Crippen LogP contribution in [0.15, 0.2) is 24.5 Å². The molecule has 0 saturated carbocycles. The summed E-state index contributed by atoms with van der Waals surface area (Å²) in [6.07, 6.45) is -1.33. The second-order valence-corrected chi connectivity index (χ2v) is 2.95. The average Bonchev–Trinajstić information content (AvgIpc) is 2.14. The molecule has 0 saturated heterocycles. The van der Waals surface area contributed by atoms with E-state index < -0.39 is 12.2 Å². The Balaban J connectivity index is 2.67. The van der Waals surface area contributed by atoms with Gasteiger partial charge in [0.25, 0.3) is 0 Å². The first kappa shape index (κ1) is 11.0. The van der Waals surface area contributed by atoms with E-state index in [-0.39, 0.29) is 6.42 Å². The van der Waals surface area contributed by atoms with Crippen molar-refractivity contribution in [3.63, 3.8) is 0 Å². The van der Waals surface area contributed by atoms with Gasteiger partial charge in [-0.1, -0.05) is 6.07 Å². The molecule has 14 heavy (non-hydrogen) atoms. The Morgan fingerprint density at radius 1 is 1.50 bits per heavy atom. The Labute approximate surface area is 80.2 Å². The van der Waals surface area contributed by atoms with E-state index >= 15 is 0 Å². The van der Waals surface area contributed by atoms with E-state index in [0.29, 0.717) is 5.56 Å². The maximum Gasteiger partial charge on any atom is 0.404 e. The smallest absolute Gasteiger partial charge is 0.309 e. The number of hydrogen-bond acceptors (Lipinski definition) is 2. The summed E-state index contributed by atoms with van der Waals surface area (Å²) < 4.78 is 37.0. The van der Waals surface area contributed by atoms with Gasteiger partial charge in [0.05, 0.1) is 0 Å². The molecule has 0 aliphatic heterocycles. The van der Waals surface area contributed by atoms with Crippen molar-refractivity contribution in [2.24, 2.45) is 0 Å². The van der Waals surface area contributed by atoms with Gasteiger partial charge in [0.2, 0.25) is 0 Å². The number of hydrogen-bond donors (Lipinski definition) is 1. The van der Waals surface area contributed by atoms with Gasteiger partial charge >= 0.3 is 6.18 Å². The summed E-state index contributed by atoms with van der Waals surface area (Å²) in [5.41, 5.74) is 0.573. The van der Waals surface area contributed by atoms with E-state index in [4.69, 9.17) is 0 Å². The molecule has 2 nitrogen and oxygen atoms in total. The predicted octanol–water partition coefficient (Wildman–Crippen LogP) is 1.77. The van der Waals surface area contributed by atoms with Gasteiger partial charge in [-0.25, -0.2) is 0 Å². The van der Waals surface area contributed by atoms with Crippen LogP contribution in [0.3, 0.4) is 0 Å². The van der Waals surface area contributed by atoms with Gasteiger partial charge in [-0.3, -0.25) is 4.98 Å². The Hall–Kier alpha value is -1.10.